The number of fused-ring (bicyclic) bond motifs is 6. The van der Waals surface area contributed by atoms with Crippen LogP contribution in [-0.4, -0.2) is 168 Å². The van der Waals surface area contributed by atoms with E-state index in [4.69, 9.17) is 19.9 Å². The van der Waals surface area contributed by atoms with Gasteiger partial charge in [-0.25, -0.2) is 36.8 Å². The Hall–Kier alpha value is -11.9. The molecule has 0 radical (unpaired) electrons. The van der Waals surface area contributed by atoms with Crippen LogP contribution in [0.1, 0.15) is 147 Å². The van der Waals surface area contributed by atoms with Crippen molar-refractivity contribution in [2.24, 2.45) is 0 Å². The van der Waals surface area contributed by atoms with Crippen LogP contribution in [0.25, 0.3) is 77.5 Å². The lowest BCUT2D eigenvalue weighted by molar-refractivity contribution is -0.137. The Morgan fingerprint density at radius 2 is 0.968 bits per heavy atom. The topological polar surface area (TPSA) is 369 Å². The molecule has 0 bridgehead atoms. The number of pyridine rings is 2. The highest BCUT2D eigenvalue weighted by molar-refractivity contribution is 7.92. The summed E-state index contributed by atoms with van der Waals surface area (Å²) in [6.07, 6.45) is 11.5. The maximum atomic E-state index is 13.7. The summed E-state index contributed by atoms with van der Waals surface area (Å²) in [7, 11) is -7.41. The Labute approximate surface area is 726 Å². The van der Waals surface area contributed by atoms with Crippen molar-refractivity contribution in [1.82, 2.24) is 61.0 Å². The van der Waals surface area contributed by atoms with Crippen LogP contribution in [0.5, 0.6) is 0 Å². The number of rotatable bonds is 29. The summed E-state index contributed by atoms with van der Waals surface area (Å²) in [5.41, 5.74) is 13.2. The molecule has 2 atom stereocenters. The van der Waals surface area contributed by atoms with Gasteiger partial charge in [-0.1, -0.05) is 30.3 Å². The molecule has 4 fully saturated rings. The van der Waals surface area contributed by atoms with Gasteiger partial charge in [-0.3, -0.25) is 49.0 Å². The van der Waals surface area contributed by atoms with Crippen molar-refractivity contribution in [1.29, 1.82) is 0 Å². The average Bonchev–Trinajstić information content (AvgIpc) is 1.58. The molecule has 6 aromatic heterocycles. The lowest BCUT2D eigenvalue weighted by Crippen LogP contribution is -2.43. The maximum absolute atomic E-state index is 13.7. The molecule has 28 nitrogen and oxygen atoms in total. The fraction of sp³-hybridized carbons (Fsp3) is 0.348. The predicted octanol–water partition coefficient (Wildman–Crippen LogP) is 12.7. The Morgan fingerprint density at radius 3 is 1.46 bits per heavy atom. The molecule has 4 aliphatic rings. The monoisotopic (exact) mass is 1750 g/mol. The van der Waals surface area contributed by atoms with Crippen molar-refractivity contribution < 1.29 is 55.2 Å². The van der Waals surface area contributed by atoms with E-state index in [9.17, 15) is 55.2 Å². The molecule has 12 aromatic rings. The van der Waals surface area contributed by atoms with Gasteiger partial charge in [-0.15, -0.1) is 22.7 Å². The fourth-order valence-corrected chi connectivity index (χ4v) is 21.3. The number of imide groups is 2. The van der Waals surface area contributed by atoms with Gasteiger partial charge in [0, 0.05) is 129 Å². The summed E-state index contributed by atoms with van der Waals surface area (Å²) in [5.74, 6) is -3.49. The molecule has 0 spiro atoms. The number of sulfone groups is 2. The Bertz CT molecular complexity index is 6450. The number of anilines is 4. The van der Waals surface area contributed by atoms with E-state index in [0.29, 0.717) is 56.9 Å². The number of aromatic nitrogens is 6. The molecule has 16 rings (SSSR count). The fourth-order valence-electron chi connectivity index (χ4n) is 17.2. The van der Waals surface area contributed by atoms with Gasteiger partial charge >= 0.3 is 0 Å². The molecule has 8 amide bonds. The smallest absolute Gasteiger partial charge is 0.251 e. The van der Waals surface area contributed by atoms with Gasteiger partial charge in [0.25, 0.3) is 11.8 Å². The summed E-state index contributed by atoms with van der Waals surface area (Å²) in [6.45, 7) is 13.3. The lowest BCUT2D eigenvalue weighted by atomic mass is 9.95. The second-order valence-electron chi connectivity index (χ2n) is 32.9. The average molecular weight is 1750 g/mol. The number of amides is 8. The number of aryl methyl sites for hydroxylation is 4. The summed E-state index contributed by atoms with van der Waals surface area (Å²) < 4.78 is 56.8. The van der Waals surface area contributed by atoms with Crippen LogP contribution in [-0.2, 0) is 61.3 Å². The van der Waals surface area contributed by atoms with E-state index >= 15 is 0 Å². The highest BCUT2D eigenvalue weighted by atomic mass is 32.2. The van der Waals surface area contributed by atoms with E-state index in [0.717, 1.165) is 162 Å². The number of nitrogens with zero attached hydrogens (tertiary/aromatic N) is 8. The Balaban J connectivity index is 0.649. The number of piperidine rings is 4. The third-order valence-electron chi connectivity index (χ3n) is 24.0. The van der Waals surface area contributed by atoms with Crippen LogP contribution >= 0.6 is 22.7 Å². The molecular formula is C92H98N16O12S4. The first-order chi connectivity index (χ1) is 59.7. The van der Waals surface area contributed by atoms with Crippen molar-refractivity contribution in [3.05, 3.63) is 190 Å². The summed E-state index contributed by atoms with van der Waals surface area (Å²) >= 11 is 2.46. The molecule has 2 unspecified atom stereocenters. The molecule has 4 aliphatic heterocycles. The number of carbonyl (C=O) groups is 8. The number of hydrogen-bond donors (Lipinski definition) is 8. The molecule has 10 heterocycles. The zero-order valence-electron chi connectivity index (χ0n) is 69.7. The van der Waals surface area contributed by atoms with Crippen molar-refractivity contribution in [2.45, 2.75) is 163 Å². The summed E-state index contributed by atoms with van der Waals surface area (Å²) in [6, 6.07) is 41.6. The second-order valence-corrected chi connectivity index (χ2v) is 39.6. The molecule has 6 aromatic carbocycles. The molecule has 32 heteroatoms. The van der Waals surface area contributed by atoms with Crippen LogP contribution in [0.4, 0.5) is 21.6 Å². The number of benzene rings is 6. The molecule has 124 heavy (non-hydrogen) atoms. The van der Waals surface area contributed by atoms with Gasteiger partial charge in [0.2, 0.25) is 35.4 Å². The first-order valence-electron chi connectivity index (χ1n) is 42.1. The van der Waals surface area contributed by atoms with E-state index in [2.05, 4.69) is 113 Å². The number of carbonyl (C=O) groups excluding carboxylic acids is 8. The van der Waals surface area contributed by atoms with Gasteiger partial charge in [-0.05, 0) is 255 Å². The van der Waals surface area contributed by atoms with Gasteiger partial charge in [0.05, 0.1) is 55.8 Å². The standard InChI is InChI=1S/C92H98N16O12S4/c1-53(2)123(117,118)78-47-59(21-18-55(78)5)87(113)97-49-82(111)103-91-99-72(51-121-91)63-41-61(43-67(45-63)105-36-28-65(29-37-105)93-32-8-12-57-20-23-74-71(40-57)69-15-10-34-95-85(69)107(74)76-24-26-80(109)101-89(76)115)62-42-64(73-52-122-92(100-73)104-83(112)50-98-88(114)60-22-19-56(6)79(48-60)124(119,120)54(3)4)46-68(44-62)106-38-30-66(31-39-106)94-33-9-14-58-13-7-17-75-84(58)70-16-11-35-96-86(70)108(75)77-25-27-81(110)102-90(77)116/h7,10-11,13,15-23,34-35,40-48,51-54,65-66,76-77,93-94H,8-9,12,14,24-33,36-39,49-50H2,1-6H3,(H,97,113)(H,98,114)(H,99,103,111)(H,100,104,112)(H,101,109,115)(H,102,110,116). The van der Waals surface area contributed by atoms with E-state index in [1.54, 1.807) is 66.1 Å². The van der Waals surface area contributed by atoms with Crippen LogP contribution in [0.2, 0.25) is 0 Å². The highest BCUT2D eigenvalue weighted by Gasteiger charge is 2.35. The van der Waals surface area contributed by atoms with Crippen molar-refractivity contribution in [2.75, 3.05) is 72.8 Å². The van der Waals surface area contributed by atoms with Gasteiger partial charge < -0.3 is 50.8 Å². The minimum absolute atomic E-state index is 0.0525. The summed E-state index contributed by atoms with van der Waals surface area (Å²) in [5, 5.41) is 30.7. The van der Waals surface area contributed by atoms with Crippen LogP contribution in [0.15, 0.2) is 166 Å². The zero-order chi connectivity index (χ0) is 86.8. The number of hydrogen-bond acceptors (Lipinski definition) is 22. The van der Waals surface area contributed by atoms with Crippen molar-refractivity contribution in [3.8, 4) is 33.6 Å². The minimum Gasteiger partial charge on any atom is -0.371 e. The van der Waals surface area contributed by atoms with Crippen LogP contribution < -0.4 is 52.3 Å². The second kappa shape index (κ2) is 36.5. The van der Waals surface area contributed by atoms with E-state index in [1.165, 1.54) is 52.5 Å². The van der Waals surface area contributed by atoms with Gasteiger partial charge in [0.1, 0.15) is 23.4 Å². The molecular weight excluding hydrogens is 1650 g/mol. The predicted molar refractivity (Wildman–Crippen MR) is 483 cm³/mol. The number of thiazole rings is 2. The molecule has 642 valence electrons. The third kappa shape index (κ3) is 18.4. The third-order valence-corrected chi connectivity index (χ3v) is 30.1. The van der Waals surface area contributed by atoms with Crippen molar-refractivity contribution in [3.63, 3.8) is 0 Å². The maximum Gasteiger partial charge on any atom is 0.251 e. The first-order valence-corrected chi connectivity index (χ1v) is 47.0. The molecule has 0 aliphatic carbocycles. The van der Waals surface area contributed by atoms with E-state index in [1.807, 2.05) is 56.3 Å². The number of nitrogens with one attached hydrogen (secondary N) is 8. The highest BCUT2D eigenvalue weighted by Crippen LogP contribution is 2.42. The normalized spacial score (nSPS) is 16.4. The molecule has 4 saturated heterocycles. The zero-order valence-corrected chi connectivity index (χ0v) is 73.0. The van der Waals surface area contributed by atoms with E-state index < -0.39 is 79.0 Å². The molecule has 0 saturated carbocycles. The SMILES string of the molecule is Cc1ccc(C(=O)NCC(=O)Nc2nc(-c3cc(-c4cc(-c5csc(NC(=O)CNC(=O)c6ccc(C)c(S(=O)(=O)C(C)C)c6)n5)cc(N5CCC(NCCCc6cccc7c6c6cccnc6n7C6CCC(=O)NC6=O)CC5)c4)cc(N4CCC(NCCCc5ccc6c(c5)c5cccnc5n6C5CCC(=O)NC5=O)CC4)c3)cs2)cc1S(=O)(=O)C(C)C. The van der Waals surface area contributed by atoms with E-state index in [-0.39, 0.29) is 69.5 Å². The Kier molecular flexibility index (Phi) is 25.2. The van der Waals surface area contributed by atoms with Crippen LogP contribution in [0.3, 0.4) is 0 Å². The van der Waals surface area contributed by atoms with Crippen molar-refractivity contribution >= 4 is 155 Å². The van der Waals surface area contributed by atoms with Crippen LogP contribution in [0, 0.1) is 13.8 Å². The lowest BCUT2D eigenvalue weighted by Gasteiger charge is -2.35. The quantitative estimate of drug-likeness (QED) is 0.0159. The molecule has 8 N–H and O–H groups in total. The van der Waals surface area contributed by atoms with Gasteiger partial charge in [-0.2, -0.15) is 0 Å². The first kappa shape index (κ1) is 85.6. The largest absolute Gasteiger partial charge is 0.371 e. The van der Waals surface area contributed by atoms with Gasteiger partial charge in [0.15, 0.2) is 29.9 Å². The minimum atomic E-state index is -3.70. The summed E-state index contributed by atoms with van der Waals surface area (Å²) in [4.78, 5) is 130. The Morgan fingerprint density at radius 1 is 0.500 bits per heavy atom.